The van der Waals surface area contributed by atoms with Crippen molar-refractivity contribution < 1.29 is 19.1 Å². The van der Waals surface area contributed by atoms with Gasteiger partial charge >= 0.3 is 12.1 Å². The summed E-state index contributed by atoms with van der Waals surface area (Å²) in [6.45, 7) is 15.7. The lowest BCUT2D eigenvalue weighted by Gasteiger charge is -2.31. The molecule has 1 amide bonds. The van der Waals surface area contributed by atoms with Crippen molar-refractivity contribution in [2.75, 3.05) is 5.01 Å². The summed E-state index contributed by atoms with van der Waals surface area (Å²) in [5, 5.41) is 5.85. The van der Waals surface area contributed by atoms with Gasteiger partial charge in [0.25, 0.3) is 0 Å². The molecular formula is C29H38N2O4. The number of anilines is 1. The van der Waals surface area contributed by atoms with E-state index in [2.05, 4.69) is 50.2 Å². The van der Waals surface area contributed by atoms with Gasteiger partial charge in [0.2, 0.25) is 0 Å². The first-order chi connectivity index (χ1) is 16.3. The Balaban J connectivity index is 1.97. The molecule has 3 atom stereocenters. The Bertz CT molecular complexity index is 1090. The van der Waals surface area contributed by atoms with Crippen molar-refractivity contribution in [2.45, 2.75) is 67.4 Å². The SMILES string of the molecule is CCC(C)C(=O)Oc1cccc(N(/N=C\C2=C(C)C3C=CC=CC3C2(C)C)C(=O)OC(C)(C)C)c1. The van der Waals surface area contributed by atoms with Gasteiger partial charge in [0.15, 0.2) is 0 Å². The van der Waals surface area contributed by atoms with Crippen molar-refractivity contribution in [3.63, 3.8) is 0 Å². The summed E-state index contributed by atoms with van der Waals surface area (Å²) in [6, 6.07) is 6.80. The van der Waals surface area contributed by atoms with Gasteiger partial charge in [-0.1, -0.05) is 63.6 Å². The number of esters is 1. The summed E-state index contributed by atoms with van der Waals surface area (Å²) >= 11 is 0. The molecule has 0 saturated carbocycles. The zero-order valence-electron chi connectivity index (χ0n) is 22.2. The fraction of sp³-hybridized carbons (Fsp3) is 0.483. The quantitative estimate of drug-likeness (QED) is 0.190. The molecule has 1 aromatic carbocycles. The number of hydrogen-bond donors (Lipinski definition) is 0. The normalized spacial score (nSPS) is 21.7. The number of allylic oxidation sites excluding steroid dienone is 6. The van der Waals surface area contributed by atoms with Crippen LogP contribution in [0, 0.1) is 23.2 Å². The molecule has 1 aromatic rings. The van der Waals surface area contributed by atoms with E-state index in [-0.39, 0.29) is 17.3 Å². The molecule has 3 rings (SSSR count). The number of hydrogen-bond acceptors (Lipinski definition) is 5. The first kappa shape index (κ1) is 26.5. The molecule has 0 heterocycles. The van der Waals surface area contributed by atoms with Crippen LogP contribution in [0.5, 0.6) is 5.75 Å². The summed E-state index contributed by atoms with van der Waals surface area (Å²) in [5.41, 5.74) is 1.95. The Hall–Kier alpha value is -3.15. The summed E-state index contributed by atoms with van der Waals surface area (Å²) in [4.78, 5) is 25.5. The van der Waals surface area contributed by atoms with Crippen LogP contribution in [-0.4, -0.2) is 23.9 Å². The van der Waals surface area contributed by atoms with Crippen molar-refractivity contribution in [1.29, 1.82) is 0 Å². The van der Waals surface area contributed by atoms with Crippen molar-refractivity contribution in [3.05, 3.63) is 59.7 Å². The van der Waals surface area contributed by atoms with E-state index in [1.807, 2.05) is 34.6 Å². The third kappa shape index (κ3) is 5.92. The Kier molecular flexibility index (Phi) is 7.73. The maximum atomic E-state index is 13.2. The van der Waals surface area contributed by atoms with E-state index >= 15 is 0 Å². The number of rotatable bonds is 6. The van der Waals surface area contributed by atoms with Crippen LogP contribution in [0.2, 0.25) is 0 Å². The number of nitrogens with zero attached hydrogens (tertiary/aromatic N) is 2. The van der Waals surface area contributed by atoms with Gasteiger partial charge < -0.3 is 9.47 Å². The number of carbonyl (C=O) groups is 2. The molecule has 35 heavy (non-hydrogen) atoms. The topological polar surface area (TPSA) is 68.2 Å². The van der Waals surface area contributed by atoms with Crippen LogP contribution >= 0.6 is 0 Å². The fourth-order valence-electron chi connectivity index (χ4n) is 4.55. The summed E-state index contributed by atoms with van der Waals surface area (Å²) in [7, 11) is 0. The highest BCUT2D eigenvalue weighted by Crippen LogP contribution is 2.52. The average Bonchev–Trinajstić information content (AvgIpc) is 2.98. The van der Waals surface area contributed by atoms with Gasteiger partial charge in [-0.3, -0.25) is 4.79 Å². The first-order valence-electron chi connectivity index (χ1n) is 12.3. The van der Waals surface area contributed by atoms with Crippen LogP contribution in [-0.2, 0) is 9.53 Å². The van der Waals surface area contributed by atoms with E-state index in [1.54, 1.807) is 30.5 Å². The van der Waals surface area contributed by atoms with Crippen LogP contribution < -0.4 is 9.75 Å². The monoisotopic (exact) mass is 478 g/mol. The molecule has 6 nitrogen and oxygen atoms in total. The second-order valence-electron chi connectivity index (χ2n) is 10.9. The standard InChI is InChI=1S/C29H38N2O4/c1-9-19(2)26(32)34-22-14-12-13-21(17-22)31(27(33)35-28(4,5)6)30-18-25-20(3)23-15-10-11-16-24(23)29(25,7)8/h10-19,23-24H,9H2,1-8H3/b30-18-. The molecule has 0 radical (unpaired) electrons. The Morgan fingerprint density at radius 2 is 1.89 bits per heavy atom. The molecule has 2 aliphatic carbocycles. The largest absolute Gasteiger partial charge is 0.442 e. The predicted octanol–water partition coefficient (Wildman–Crippen LogP) is 7.08. The van der Waals surface area contributed by atoms with Crippen LogP contribution in [0.15, 0.2) is 64.8 Å². The number of benzene rings is 1. The highest BCUT2D eigenvalue weighted by molar-refractivity contribution is 5.92. The van der Waals surface area contributed by atoms with E-state index in [0.29, 0.717) is 29.7 Å². The molecule has 0 spiro atoms. The van der Waals surface area contributed by atoms with E-state index in [9.17, 15) is 9.59 Å². The molecule has 2 aliphatic rings. The van der Waals surface area contributed by atoms with Crippen LogP contribution in [0.25, 0.3) is 0 Å². The molecule has 6 heteroatoms. The molecule has 0 aliphatic heterocycles. The minimum atomic E-state index is -0.697. The molecule has 0 N–H and O–H groups in total. The maximum absolute atomic E-state index is 13.2. The third-order valence-electron chi connectivity index (χ3n) is 6.75. The molecule has 188 valence electrons. The van der Waals surface area contributed by atoms with Crippen LogP contribution in [0.4, 0.5) is 10.5 Å². The average molecular weight is 479 g/mol. The van der Waals surface area contributed by atoms with Gasteiger partial charge in [-0.15, -0.1) is 0 Å². The number of amides is 1. The van der Waals surface area contributed by atoms with Gasteiger partial charge in [-0.05, 0) is 63.2 Å². The Morgan fingerprint density at radius 3 is 2.51 bits per heavy atom. The summed E-state index contributed by atoms with van der Waals surface area (Å²) < 4.78 is 11.2. The lowest BCUT2D eigenvalue weighted by molar-refractivity contribution is -0.138. The molecule has 0 bridgehead atoms. The fourth-order valence-corrected chi connectivity index (χ4v) is 4.55. The molecule has 0 fully saturated rings. The number of carbonyl (C=O) groups excluding carboxylic acids is 2. The van der Waals surface area contributed by atoms with E-state index in [4.69, 9.17) is 9.47 Å². The predicted molar refractivity (Wildman–Crippen MR) is 140 cm³/mol. The smallest absolute Gasteiger partial charge is 0.435 e. The van der Waals surface area contributed by atoms with Crippen molar-refractivity contribution >= 4 is 24.0 Å². The maximum Gasteiger partial charge on any atom is 0.435 e. The second kappa shape index (κ2) is 10.2. The van der Waals surface area contributed by atoms with Crippen molar-refractivity contribution in [1.82, 2.24) is 0 Å². The lowest BCUT2D eigenvalue weighted by Crippen LogP contribution is -2.34. The Morgan fingerprint density at radius 1 is 1.20 bits per heavy atom. The van der Waals surface area contributed by atoms with Gasteiger partial charge in [0.1, 0.15) is 11.4 Å². The number of hydrazone groups is 1. The lowest BCUT2D eigenvalue weighted by atomic mass is 9.73. The van der Waals surface area contributed by atoms with Gasteiger partial charge in [-0.25, -0.2) is 4.79 Å². The van der Waals surface area contributed by atoms with E-state index in [0.717, 1.165) is 5.57 Å². The van der Waals surface area contributed by atoms with Crippen LogP contribution in [0.1, 0.15) is 61.8 Å². The number of fused-ring (bicyclic) bond motifs is 1. The number of ether oxygens (including phenoxy) is 2. The zero-order chi connectivity index (χ0) is 26.0. The third-order valence-corrected chi connectivity index (χ3v) is 6.75. The van der Waals surface area contributed by atoms with Gasteiger partial charge in [-0.2, -0.15) is 10.1 Å². The molecule has 0 aromatic heterocycles. The summed E-state index contributed by atoms with van der Waals surface area (Å²) in [5.74, 6) is 0.482. The molecule has 3 unspecified atom stereocenters. The van der Waals surface area contributed by atoms with E-state index in [1.165, 1.54) is 10.6 Å². The van der Waals surface area contributed by atoms with Gasteiger partial charge in [0, 0.05) is 12.0 Å². The highest BCUT2D eigenvalue weighted by atomic mass is 16.6. The zero-order valence-corrected chi connectivity index (χ0v) is 22.2. The van der Waals surface area contributed by atoms with Crippen molar-refractivity contribution in [3.8, 4) is 5.75 Å². The minimum Gasteiger partial charge on any atom is -0.442 e. The van der Waals surface area contributed by atoms with E-state index < -0.39 is 11.7 Å². The molecule has 0 saturated heterocycles. The van der Waals surface area contributed by atoms with Gasteiger partial charge in [0.05, 0.1) is 17.8 Å². The van der Waals surface area contributed by atoms with Crippen molar-refractivity contribution in [2.24, 2.45) is 28.3 Å². The van der Waals surface area contributed by atoms with Crippen LogP contribution in [0.3, 0.4) is 0 Å². The Labute approximate surface area is 209 Å². The first-order valence-corrected chi connectivity index (χ1v) is 12.3. The minimum absolute atomic E-state index is 0.146. The highest BCUT2D eigenvalue weighted by Gasteiger charge is 2.44. The summed E-state index contributed by atoms with van der Waals surface area (Å²) in [6.07, 6.45) is 10.5. The second-order valence-corrected chi connectivity index (χ2v) is 10.9. The molecular weight excluding hydrogens is 440 g/mol.